The van der Waals surface area contributed by atoms with E-state index in [-0.39, 0.29) is 18.0 Å². The molecule has 0 fully saturated rings. The Hall–Kier alpha value is -3.76. The van der Waals surface area contributed by atoms with Crippen LogP contribution in [-0.4, -0.2) is 39.7 Å². The number of allylic oxidation sites excluding steroid dienone is 1. The Bertz CT molecular complexity index is 938. The maximum absolute atomic E-state index is 12.6. The van der Waals surface area contributed by atoms with E-state index in [0.29, 0.717) is 11.3 Å². The number of ketones is 1. The average molecular weight is 377 g/mol. The summed E-state index contributed by atoms with van der Waals surface area (Å²) in [5.74, 6) is 0.906. The third-order valence-corrected chi connectivity index (χ3v) is 4.15. The van der Waals surface area contributed by atoms with Crippen LogP contribution in [0.1, 0.15) is 6.92 Å². The molecule has 1 heterocycles. The molecule has 7 nitrogen and oxygen atoms in total. The Morgan fingerprint density at radius 1 is 1.36 bits per heavy atom. The zero-order valence-electron chi connectivity index (χ0n) is 15.2. The molecule has 28 heavy (non-hydrogen) atoms. The number of carbonyl (C=O) groups excluding carboxylic acids is 1. The minimum Gasteiger partial charge on any atom is -0.478 e. The lowest BCUT2D eigenvalue weighted by Gasteiger charge is -2.36. The lowest BCUT2D eigenvalue weighted by molar-refractivity contribution is -0.229. The van der Waals surface area contributed by atoms with E-state index >= 15 is 0 Å². The summed E-state index contributed by atoms with van der Waals surface area (Å²) >= 11 is 0. The van der Waals surface area contributed by atoms with Gasteiger partial charge in [0.2, 0.25) is 0 Å². The number of aliphatic carboxylic acids is 1. The molecule has 3 rings (SSSR count). The van der Waals surface area contributed by atoms with E-state index in [1.807, 2.05) is 30.3 Å². The van der Waals surface area contributed by atoms with Gasteiger partial charge in [0.15, 0.2) is 5.78 Å². The van der Waals surface area contributed by atoms with Crippen LogP contribution < -0.4 is 5.32 Å². The van der Waals surface area contributed by atoms with Crippen LogP contribution in [0.15, 0.2) is 77.8 Å². The summed E-state index contributed by atoms with van der Waals surface area (Å²) in [7, 11) is 0. The van der Waals surface area contributed by atoms with Gasteiger partial charge in [0.1, 0.15) is 18.3 Å². The summed E-state index contributed by atoms with van der Waals surface area (Å²) in [4.78, 5) is 29.4. The van der Waals surface area contributed by atoms with Gasteiger partial charge >= 0.3 is 5.97 Å². The summed E-state index contributed by atoms with van der Waals surface area (Å²) in [6.07, 6.45) is 13.1. The maximum Gasteiger partial charge on any atom is 0.335 e. The molecule has 142 valence electrons. The number of hydroxylamine groups is 1. The number of hydrazine groups is 1. The number of nitrogens with zero attached hydrogens (tertiary/aromatic N) is 2. The zero-order chi connectivity index (χ0) is 20.1. The summed E-state index contributed by atoms with van der Waals surface area (Å²) in [6, 6.07) is 8.84. The molecule has 0 bridgehead atoms. The molecule has 2 N–H and O–H groups in total. The number of para-hydroxylation sites is 1. The molecule has 0 radical (unpaired) electrons. The molecule has 1 aromatic rings. The van der Waals surface area contributed by atoms with E-state index < -0.39 is 12.0 Å². The number of carbonyl (C=O) groups is 2. The van der Waals surface area contributed by atoms with Crippen molar-refractivity contribution in [3.8, 4) is 12.3 Å². The van der Waals surface area contributed by atoms with Gasteiger partial charge in [-0.3, -0.25) is 9.80 Å². The second kappa shape index (κ2) is 8.29. The molecule has 2 aliphatic rings. The van der Waals surface area contributed by atoms with E-state index in [4.69, 9.17) is 16.4 Å². The topological polar surface area (TPSA) is 82.1 Å². The second-order valence-corrected chi connectivity index (χ2v) is 6.12. The average Bonchev–Trinajstić information content (AvgIpc) is 3.07. The highest BCUT2D eigenvalue weighted by Gasteiger charge is 2.35. The molecule has 0 amide bonds. The van der Waals surface area contributed by atoms with Gasteiger partial charge in [0, 0.05) is 18.1 Å². The highest BCUT2D eigenvalue weighted by Crippen LogP contribution is 2.29. The van der Waals surface area contributed by atoms with Crippen LogP contribution in [0.5, 0.6) is 0 Å². The molecule has 0 spiro atoms. The Morgan fingerprint density at radius 3 is 2.75 bits per heavy atom. The number of anilines is 1. The Labute approximate surface area is 162 Å². The molecule has 0 aromatic heterocycles. The van der Waals surface area contributed by atoms with Crippen molar-refractivity contribution in [1.29, 1.82) is 0 Å². The molecule has 1 aromatic carbocycles. The van der Waals surface area contributed by atoms with Crippen molar-refractivity contribution in [1.82, 2.24) is 10.2 Å². The minimum absolute atomic E-state index is 0.000739. The molecule has 0 saturated heterocycles. The zero-order valence-corrected chi connectivity index (χ0v) is 15.2. The van der Waals surface area contributed by atoms with Crippen LogP contribution in [0.25, 0.3) is 0 Å². The van der Waals surface area contributed by atoms with Crippen molar-refractivity contribution >= 4 is 17.4 Å². The fourth-order valence-electron chi connectivity index (χ4n) is 2.92. The number of terminal acetylenes is 1. The summed E-state index contributed by atoms with van der Waals surface area (Å²) in [5.41, 5.74) is 2.06. The molecule has 1 atom stereocenters. The maximum atomic E-state index is 12.6. The minimum atomic E-state index is -1.14. The van der Waals surface area contributed by atoms with Gasteiger partial charge in [-0.05, 0) is 42.9 Å². The second-order valence-electron chi connectivity index (χ2n) is 6.12. The first-order valence-corrected chi connectivity index (χ1v) is 8.53. The number of hydrogen-bond donors (Lipinski definition) is 2. The Balaban J connectivity index is 1.84. The van der Waals surface area contributed by atoms with E-state index in [1.54, 1.807) is 30.4 Å². The number of hydrogen-bond acceptors (Lipinski definition) is 6. The van der Waals surface area contributed by atoms with E-state index in [1.165, 1.54) is 11.2 Å². The molecular formula is C21H19N3O4. The lowest BCUT2D eigenvalue weighted by Crippen LogP contribution is -2.47. The third kappa shape index (κ3) is 3.98. The first-order chi connectivity index (χ1) is 13.5. The standard InChI is InChI=1S/C21H19N3O4/c1-3-11-28-24-18(14-22-17-7-5-4-6-8-17)9-10-23(24)20-15(2)12-16(21(26)27)13-19(20)25/h1,4-10,12-14,20,22H,11H2,2H3,(H,26,27). The lowest BCUT2D eigenvalue weighted by atomic mass is 9.94. The van der Waals surface area contributed by atoms with Crippen LogP contribution in [0, 0.1) is 12.3 Å². The van der Waals surface area contributed by atoms with E-state index in [2.05, 4.69) is 11.2 Å². The van der Waals surface area contributed by atoms with Gasteiger partial charge in [-0.15, -0.1) is 6.42 Å². The van der Waals surface area contributed by atoms with E-state index in [9.17, 15) is 9.59 Å². The van der Waals surface area contributed by atoms with Crippen molar-refractivity contribution < 1.29 is 19.5 Å². The molecule has 1 aliphatic heterocycles. The van der Waals surface area contributed by atoms with Crippen molar-refractivity contribution in [3.63, 3.8) is 0 Å². The van der Waals surface area contributed by atoms with Gasteiger partial charge in [0.05, 0.1) is 5.57 Å². The molecule has 1 unspecified atom stereocenters. The van der Waals surface area contributed by atoms with Gasteiger partial charge in [-0.2, -0.15) is 5.17 Å². The fourth-order valence-corrected chi connectivity index (χ4v) is 2.92. The number of benzene rings is 1. The largest absolute Gasteiger partial charge is 0.478 e. The molecule has 7 heteroatoms. The van der Waals surface area contributed by atoms with Crippen molar-refractivity contribution in [3.05, 3.63) is 77.8 Å². The van der Waals surface area contributed by atoms with Crippen molar-refractivity contribution in [2.45, 2.75) is 13.0 Å². The fraction of sp³-hybridized carbons (Fsp3) is 0.143. The summed E-state index contributed by atoms with van der Waals surface area (Å²) < 4.78 is 0. The van der Waals surface area contributed by atoms with Crippen LogP contribution in [-0.2, 0) is 14.4 Å². The number of carboxylic acid groups (broad SMARTS) is 1. The first-order valence-electron chi connectivity index (χ1n) is 8.53. The van der Waals surface area contributed by atoms with Crippen LogP contribution in [0.3, 0.4) is 0 Å². The Morgan fingerprint density at radius 2 is 2.11 bits per heavy atom. The van der Waals surface area contributed by atoms with Gasteiger partial charge in [-0.1, -0.05) is 24.1 Å². The molecule has 0 saturated carbocycles. The van der Waals surface area contributed by atoms with Gasteiger partial charge in [-0.25, -0.2) is 9.63 Å². The summed E-state index contributed by atoms with van der Waals surface area (Å²) in [6.45, 7) is 1.70. The summed E-state index contributed by atoms with van der Waals surface area (Å²) in [5, 5.41) is 15.3. The normalized spacial score (nSPS) is 20.1. The quantitative estimate of drug-likeness (QED) is 0.737. The van der Waals surface area contributed by atoms with Gasteiger partial charge < -0.3 is 10.4 Å². The van der Waals surface area contributed by atoms with Crippen LogP contribution in [0.4, 0.5) is 5.69 Å². The SMILES string of the molecule is C#CCON1C(=CNc2ccccc2)C=CN1C1C(=O)C=C(C(=O)O)C=C1C. The first kappa shape index (κ1) is 19.0. The smallest absolute Gasteiger partial charge is 0.335 e. The molecule has 1 aliphatic carbocycles. The highest BCUT2D eigenvalue weighted by molar-refractivity contribution is 6.06. The van der Waals surface area contributed by atoms with Crippen molar-refractivity contribution in [2.75, 3.05) is 11.9 Å². The van der Waals surface area contributed by atoms with Crippen molar-refractivity contribution in [2.24, 2.45) is 0 Å². The number of nitrogens with one attached hydrogen (secondary N) is 1. The number of rotatable bonds is 6. The Kier molecular flexibility index (Phi) is 5.63. The third-order valence-electron chi connectivity index (χ3n) is 4.15. The van der Waals surface area contributed by atoms with E-state index in [0.717, 1.165) is 11.8 Å². The predicted molar refractivity (Wildman–Crippen MR) is 104 cm³/mol. The van der Waals surface area contributed by atoms with Crippen LogP contribution >= 0.6 is 0 Å². The monoisotopic (exact) mass is 377 g/mol. The highest BCUT2D eigenvalue weighted by atomic mass is 16.7. The number of carboxylic acids is 1. The van der Waals surface area contributed by atoms with Gasteiger partial charge in [0.25, 0.3) is 0 Å². The predicted octanol–water partition coefficient (Wildman–Crippen LogP) is 2.46. The van der Waals surface area contributed by atoms with Crippen LogP contribution in [0.2, 0.25) is 0 Å². The molecular weight excluding hydrogens is 358 g/mol.